The van der Waals surface area contributed by atoms with Gasteiger partial charge in [0.05, 0.1) is 11.6 Å². The Labute approximate surface area is 113 Å². The lowest BCUT2D eigenvalue weighted by atomic mass is 10.1. The van der Waals surface area contributed by atoms with E-state index in [4.69, 9.17) is 4.52 Å². The molecule has 5 nitrogen and oxygen atoms in total. The lowest BCUT2D eigenvalue weighted by Crippen LogP contribution is -2.31. The van der Waals surface area contributed by atoms with E-state index in [1.807, 2.05) is 14.1 Å². The molecule has 1 aliphatic carbocycles. The van der Waals surface area contributed by atoms with Crippen molar-refractivity contribution in [3.63, 3.8) is 0 Å². The van der Waals surface area contributed by atoms with Crippen molar-refractivity contribution in [2.75, 3.05) is 27.2 Å². The van der Waals surface area contributed by atoms with E-state index in [0.29, 0.717) is 5.92 Å². The summed E-state index contributed by atoms with van der Waals surface area (Å²) in [5.74, 6) is 2.03. The first-order chi connectivity index (χ1) is 9.13. The summed E-state index contributed by atoms with van der Waals surface area (Å²) < 4.78 is 5.36. The number of carbonyl (C=O) groups excluding carboxylic acids is 1. The van der Waals surface area contributed by atoms with Gasteiger partial charge in [0.25, 0.3) is 0 Å². The number of amides is 1. The van der Waals surface area contributed by atoms with Crippen LogP contribution in [0.4, 0.5) is 0 Å². The van der Waals surface area contributed by atoms with Crippen LogP contribution in [-0.4, -0.2) is 48.0 Å². The molecule has 2 fully saturated rings. The highest BCUT2D eigenvalue weighted by Gasteiger charge is 2.31. The van der Waals surface area contributed by atoms with Gasteiger partial charge in [-0.2, -0.15) is 0 Å². The minimum Gasteiger partial charge on any atom is -0.361 e. The van der Waals surface area contributed by atoms with Crippen molar-refractivity contribution in [1.82, 2.24) is 15.0 Å². The average molecular weight is 263 g/mol. The molecule has 1 aromatic rings. The molecule has 0 bridgehead atoms. The van der Waals surface area contributed by atoms with Crippen LogP contribution in [0.25, 0.3) is 0 Å². The SMILES string of the molecule is CN(C)C(=O)C1CCN(Cc2cc(C3CC3)on2)C1. The van der Waals surface area contributed by atoms with Gasteiger partial charge in [-0.3, -0.25) is 9.69 Å². The predicted octanol–water partition coefficient (Wildman–Crippen LogP) is 1.46. The number of hydrogen-bond donors (Lipinski definition) is 0. The standard InChI is InChI=1S/C14H21N3O2/c1-16(2)14(18)11-5-6-17(8-11)9-12-7-13(19-15-12)10-3-4-10/h7,10-11H,3-6,8-9H2,1-2H3. The third-order valence-electron chi connectivity index (χ3n) is 4.00. The van der Waals surface area contributed by atoms with Crippen LogP contribution in [0.1, 0.15) is 36.6 Å². The number of hydrogen-bond acceptors (Lipinski definition) is 4. The molecule has 0 N–H and O–H groups in total. The van der Waals surface area contributed by atoms with E-state index >= 15 is 0 Å². The number of nitrogens with zero attached hydrogens (tertiary/aromatic N) is 3. The Balaban J connectivity index is 1.54. The fourth-order valence-electron chi connectivity index (χ4n) is 2.74. The van der Waals surface area contributed by atoms with Gasteiger partial charge in [0.1, 0.15) is 5.76 Å². The minimum absolute atomic E-state index is 0.143. The second-order valence-corrected chi connectivity index (χ2v) is 5.95. The molecular weight excluding hydrogens is 242 g/mol. The summed E-state index contributed by atoms with van der Waals surface area (Å²) in [5, 5.41) is 4.13. The molecule has 1 amide bonds. The summed E-state index contributed by atoms with van der Waals surface area (Å²) in [6, 6.07) is 2.08. The summed E-state index contributed by atoms with van der Waals surface area (Å²) in [6.45, 7) is 2.60. The average Bonchev–Trinajstić information content (AvgIpc) is 2.96. The zero-order valence-corrected chi connectivity index (χ0v) is 11.6. The predicted molar refractivity (Wildman–Crippen MR) is 70.6 cm³/mol. The van der Waals surface area contributed by atoms with E-state index in [1.54, 1.807) is 4.90 Å². The third-order valence-corrected chi connectivity index (χ3v) is 4.00. The van der Waals surface area contributed by atoms with Crippen LogP contribution in [0.3, 0.4) is 0 Å². The van der Waals surface area contributed by atoms with Crippen molar-refractivity contribution in [2.24, 2.45) is 5.92 Å². The molecule has 1 aliphatic heterocycles. The first-order valence-corrected chi connectivity index (χ1v) is 7.02. The minimum atomic E-state index is 0.143. The maximum atomic E-state index is 11.9. The highest BCUT2D eigenvalue weighted by molar-refractivity contribution is 5.78. The molecule has 0 aromatic carbocycles. The van der Waals surface area contributed by atoms with Gasteiger partial charge in [-0.1, -0.05) is 5.16 Å². The highest BCUT2D eigenvalue weighted by Crippen LogP contribution is 2.40. The summed E-state index contributed by atoms with van der Waals surface area (Å²) >= 11 is 0. The first kappa shape index (κ1) is 12.7. The molecule has 1 saturated carbocycles. The van der Waals surface area contributed by atoms with Crippen molar-refractivity contribution < 1.29 is 9.32 Å². The number of carbonyl (C=O) groups is 1. The van der Waals surface area contributed by atoms with Gasteiger partial charge in [0, 0.05) is 39.2 Å². The van der Waals surface area contributed by atoms with Gasteiger partial charge in [-0.15, -0.1) is 0 Å². The summed E-state index contributed by atoms with van der Waals surface area (Å²) in [4.78, 5) is 15.9. The van der Waals surface area contributed by atoms with Gasteiger partial charge >= 0.3 is 0 Å². The van der Waals surface area contributed by atoms with Crippen LogP contribution in [0, 0.1) is 5.92 Å². The van der Waals surface area contributed by atoms with Crippen LogP contribution in [0.5, 0.6) is 0 Å². The molecule has 1 aromatic heterocycles. The fourth-order valence-corrected chi connectivity index (χ4v) is 2.74. The smallest absolute Gasteiger partial charge is 0.226 e. The van der Waals surface area contributed by atoms with Gasteiger partial charge in [-0.25, -0.2) is 0 Å². The van der Waals surface area contributed by atoms with E-state index in [-0.39, 0.29) is 11.8 Å². The molecule has 2 heterocycles. The Kier molecular flexibility index (Phi) is 3.31. The fraction of sp³-hybridized carbons (Fsp3) is 0.714. The Morgan fingerprint density at radius 1 is 1.47 bits per heavy atom. The van der Waals surface area contributed by atoms with Crippen molar-refractivity contribution in [3.8, 4) is 0 Å². The third kappa shape index (κ3) is 2.81. The van der Waals surface area contributed by atoms with E-state index in [1.165, 1.54) is 12.8 Å². The first-order valence-electron chi connectivity index (χ1n) is 7.02. The number of aromatic nitrogens is 1. The molecule has 3 rings (SSSR count). The van der Waals surface area contributed by atoms with Crippen molar-refractivity contribution in [1.29, 1.82) is 0 Å². The largest absolute Gasteiger partial charge is 0.361 e. The normalized spacial score (nSPS) is 23.8. The van der Waals surface area contributed by atoms with Crippen molar-refractivity contribution in [2.45, 2.75) is 31.7 Å². The van der Waals surface area contributed by atoms with Crippen LogP contribution in [-0.2, 0) is 11.3 Å². The maximum Gasteiger partial charge on any atom is 0.226 e. The zero-order valence-electron chi connectivity index (χ0n) is 11.6. The summed E-state index contributed by atoms with van der Waals surface area (Å²) in [5.41, 5.74) is 1.000. The van der Waals surface area contributed by atoms with Crippen LogP contribution < -0.4 is 0 Å². The Morgan fingerprint density at radius 2 is 2.26 bits per heavy atom. The number of likely N-dealkylation sites (tertiary alicyclic amines) is 1. The zero-order chi connectivity index (χ0) is 13.4. The number of rotatable bonds is 4. The molecule has 5 heteroatoms. The molecule has 2 aliphatic rings. The molecule has 1 unspecified atom stereocenters. The Hall–Kier alpha value is -1.36. The van der Waals surface area contributed by atoms with Crippen LogP contribution in [0.15, 0.2) is 10.6 Å². The van der Waals surface area contributed by atoms with E-state index in [9.17, 15) is 4.79 Å². The molecule has 1 atom stereocenters. The molecule has 19 heavy (non-hydrogen) atoms. The van der Waals surface area contributed by atoms with Gasteiger partial charge in [0.2, 0.25) is 5.91 Å². The van der Waals surface area contributed by atoms with Crippen molar-refractivity contribution >= 4 is 5.91 Å². The molecule has 104 valence electrons. The molecule has 0 spiro atoms. The van der Waals surface area contributed by atoms with Crippen LogP contribution in [0.2, 0.25) is 0 Å². The lowest BCUT2D eigenvalue weighted by Gasteiger charge is -2.17. The quantitative estimate of drug-likeness (QED) is 0.825. The molecule has 1 saturated heterocycles. The van der Waals surface area contributed by atoms with Crippen LogP contribution >= 0.6 is 0 Å². The van der Waals surface area contributed by atoms with E-state index in [0.717, 1.165) is 37.5 Å². The summed E-state index contributed by atoms with van der Waals surface area (Å²) in [7, 11) is 3.65. The topological polar surface area (TPSA) is 49.6 Å². The van der Waals surface area contributed by atoms with E-state index in [2.05, 4.69) is 16.1 Å². The van der Waals surface area contributed by atoms with E-state index < -0.39 is 0 Å². The van der Waals surface area contributed by atoms with Gasteiger partial charge < -0.3 is 9.42 Å². The Bertz CT molecular complexity index is 465. The summed E-state index contributed by atoms with van der Waals surface area (Å²) in [6.07, 6.45) is 3.42. The lowest BCUT2D eigenvalue weighted by molar-refractivity contribution is -0.132. The van der Waals surface area contributed by atoms with Gasteiger partial charge in [-0.05, 0) is 25.8 Å². The molecule has 0 radical (unpaired) electrons. The Morgan fingerprint density at radius 3 is 2.95 bits per heavy atom. The van der Waals surface area contributed by atoms with Crippen molar-refractivity contribution in [3.05, 3.63) is 17.5 Å². The maximum absolute atomic E-state index is 11.9. The molecular formula is C14H21N3O2. The highest BCUT2D eigenvalue weighted by atomic mass is 16.5. The van der Waals surface area contributed by atoms with Gasteiger partial charge in [0.15, 0.2) is 0 Å². The monoisotopic (exact) mass is 263 g/mol. The second kappa shape index (κ2) is 4.96. The second-order valence-electron chi connectivity index (χ2n) is 5.95.